The minimum absolute atomic E-state index is 0.0907. The van der Waals surface area contributed by atoms with Crippen LogP contribution in [0, 0.1) is 30.0 Å². The van der Waals surface area contributed by atoms with Crippen molar-refractivity contribution in [2.24, 2.45) is 17.3 Å². The van der Waals surface area contributed by atoms with E-state index in [9.17, 15) is 14.0 Å². The summed E-state index contributed by atoms with van der Waals surface area (Å²) in [6.45, 7) is 4.87. The molecule has 0 spiro atoms. The molecule has 3 aromatic heterocycles. The molecule has 3 aliphatic carbocycles. The summed E-state index contributed by atoms with van der Waals surface area (Å²) in [6, 6.07) is 1.08. The van der Waals surface area contributed by atoms with Gasteiger partial charge in [0.05, 0.1) is 17.2 Å². The summed E-state index contributed by atoms with van der Waals surface area (Å²) in [7, 11) is 0. The number of anilines is 1. The van der Waals surface area contributed by atoms with Crippen LogP contribution in [0.5, 0.6) is 0 Å². The van der Waals surface area contributed by atoms with Crippen LogP contribution in [0.1, 0.15) is 79.0 Å². The SMILES string of the molecule is Cc1nc2nc(N[C@@H](C)c3cncc(F)c3)nc(C(=O)N3CC(CC(=O)C45CCC(CC4)CC5)C3)c2s1. The summed E-state index contributed by atoms with van der Waals surface area (Å²) in [5.74, 6) is 1.13. The minimum Gasteiger partial charge on any atom is -0.348 e. The fourth-order valence-corrected chi connectivity index (χ4v) is 7.08. The van der Waals surface area contributed by atoms with Gasteiger partial charge in [0.15, 0.2) is 11.3 Å². The Hall–Kier alpha value is -3.01. The molecule has 4 aliphatic rings. The molecule has 2 bridgehead atoms. The van der Waals surface area contributed by atoms with Gasteiger partial charge in [-0.2, -0.15) is 4.98 Å². The first-order valence-electron chi connectivity index (χ1n) is 13.1. The van der Waals surface area contributed by atoms with Crippen LogP contribution in [0.2, 0.25) is 0 Å². The van der Waals surface area contributed by atoms with Crippen molar-refractivity contribution in [2.75, 3.05) is 18.4 Å². The predicted molar refractivity (Wildman–Crippen MR) is 139 cm³/mol. The van der Waals surface area contributed by atoms with Crippen LogP contribution < -0.4 is 5.32 Å². The van der Waals surface area contributed by atoms with Crippen molar-refractivity contribution in [1.29, 1.82) is 0 Å². The van der Waals surface area contributed by atoms with Gasteiger partial charge in [-0.3, -0.25) is 14.6 Å². The molecule has 1 N–H and O–H groups in total. The predicted octanol–water partition coefficient (Wildman–Crippen LogP) is 5.10. The quantitative estimate of drug-likeness (QED) is 0.460. The Morgan fingerprint density at radius 3 is 2.59 bits per heavy atom. The molecule has 1 amide bonds. The van der Waals surface area contributed by atoms with E-state index in [0.29, 0.717) is 46.9 Å². The third-order valence-corrected chi connectivity index (χ3v) is 9.51. The molecule has 4 heterocycles. The lowest BCUT2D eigenvalue weighted by atomic mass is 9.58. The molecule has 37 heavy (non-hydrogen) atoms. The van der Waals surface area contributed by atoms with Crippen LogP contribution in [0.15, 0.2) is 18.5 Å². The van der Waals surface area contributed by atoms with E-state index < -0.39 is 5.82 Å². The number of amides is 1. The Labute approximate surface area is 219 Å². The number of carbonyl (C=O) groups excluding carboxylic acids is 2. The van der Waals surface area contributed by atoms with E-state index in [4.69, 9.17) is 0 Å². The molecule has 8 nitrogen and oxygen atoms in total. The number of pyridine rings is 1. The molecular formula is C27H31FN6O2S. The topological polar surface area (TPSA) is 101 Å². The molecule has 1 aliphatic heterocycles. The van der Waals surface area contributed by atoms with Crippen molar-refractivity contribution in [3.63, 3.8) is 0 Å². The van der Waals surface area contributed by atoms with Gasteiger partial charge in [0.2, 0.25) is 5.95 Å². The lowest BCUT2D eigenvalue weighted by Gasteiger charge is -2.47. The Kier molecular flexibility index (Phi) is 6.17. The number of carbonyl (C=O) groups is 2. The first-order valence-corrected chi connectivity index (χ1v) is 14.0. The van der Waals surface area contributed by atoms with Crippen LogP contribution in [0.25, 0.3) is 10.3 Å². The number of nitrogens with zero attached hydrogens (tertiary/aromatic N) is 5. The van der Waals surface area contributed by atoms with Gasteiger partial charge in [0.25, 0.3) is 5.91 Å². The summed E-state index contributed by atoms with van der Waals surface area (Å²) in [5, 5.41) is 3.96. The van der Waals surface area contributed by atoms with Gasteiger partial charge in [-0.05, 0) is 69.9 Å². The van der Waals surface area contributed by atoms with E-state index in [1.165, 1.54) is 36.7 Å². The van der Waals surface area contributed by atoms with Gasteiger partial charge in [-0.15, -0.1) is 11.3 Å². The van der Waals surface area contributed by atoms with E-state index in [0.717, 1.165) is 36.4 Å². The molecule has 3 aromatic rings. The minimum atomic E-state index is -0.421. The molecule has 7 rings (SSSR count). The second kappa shape index (κ2) is 9.38. The van der Waals surface area contributed by atoms with E-state index in [-0.39, 0.29) is 29.2 Å². The van der Waals surface area contributed by atoms with Crippen LogP contribution >= 0.6 is 11.3 Å². The van der Waals surface area contributed by atoms with Gasteiger partial charge < -0.3 is 10.2 Å². The molecule has 0 unspecified atom stereocenters. The first-order chi connectivity index (χ1) is 17.8. The Morgan fingerprint density at radius 2 is 1.89 bits per heavy atom. The highest BCUT2D eigenvalue weighted by Crippen LogP contribution is 2.51. The standard InChI is InChI=1S/C27H31FN6O2S/c1-15(19-10-20(28)12-29-11-19)30-26-32-22(23-24(33-26)31-16(2)37-23)25(36)34-13-18(14-34)9-21(35)27-6-3-17(4-7-27)5-8-27/h10-12,15,17-18H,3-9,13-14H2,1-2H3,(H,30,32,33)/t15-,17?,27?/m0/s1. The number of aryl methyl sites for hydroxylation is 1. The van der Waals surface area contributed by atoms with Crippen molar-refractivity contribution in [3.05, 3.63) is 40.5 Å². The molecular weight excluding hydrogens is 491 g/mol. The van der Waals surface area contributed by atoms with Crippen LogP contribution in [-0.4, -0.2) is 49.6 Å². The first kappa shape index (κ1) is 24.3. The number of thiazole rings is 1. The number of Topliss-reactive ketones (excluding diaryl/α,β-unsaturated/α-hetero) is 1. The molecule has 194 valence electrons. The molecule has 0 aromatic carbocycles. The largest absolute Gasteiger partial charge is 0.348 e. The van der Waals surface area contributed by atoms with Gasteiger partial charge in [-0.25, -0.2) is 14.4 Å². The fraction of sp³-hybridized carbons (Fsp3) is 0.556. The third-order valence-electron chi connectivity index (χ3n) is 8.54. The summed E-state index contributed by atoms with van der Waals surface area (Å²) >= 11 is 1.40. The normalized spacial score (nSPS) is 24.2. The zero-order chi connectivity index (χ0) is 25.7. The number of halogens is 1. The van der Waals surface area contributed by atoms with E-state index >= 15 is 0 Å². The highest BCUT2D eigenvalue weighted by Gasteiger charge is 2.47. The molecule has 0 radical (unpaired) electrons. The Bertz CT molecular complexity index is 1350. The van der Waals surface area contributed by atoms with Crippen molar-refractivity contribution in [2.45, 2.75) is 64.8 Å². The molecule has 1 atom stereocenters. The summed E-state index contributed by atoms with van der Waals surface area (Å²) in [5.41, 5.74) is 1.34. The smallest absolute Gasteiger partial charge is 0.274 e. The number of fused-ring (bicyclic) bond motifs is 4. The van der Waals surface area contributed by atoms with Crippen LogP contribution in [0.4, 0.5) is 10.3 Å². The van der Waals surface area contributed by atoms with Crippen molar-refractivity contribution in [1.82, 2.24) is 24.8 Å². The summed E-state index contributed by atoms with van der Waals surface area (Å²) in [4.78, 5) is 46.0. The zero-order valence-electron chi connectivity index (χ0n) is 21.2. The molecule has 10 heteroatoms. The van der Waals surface area contributed by atoms with E-state index in [1.807, 2.05) is 13.8 Å². The lowest BCUT2D eigenvalue weighted by molar-refractivity contribution is -0.136. The van der Waals surface area contributed by atoms with E-state index in [1.54, 1.807) is 11.1 Å². The highest BCUT2D eigenvalue weighted by atomic mass is 32.1. The van der Waals surface area contributed by atoms with Crippen molar-refractivity contribution >= 4 is 39.3 Å². The maximum atomic E-state index is 13.6. The highest BCUT2D eigenvalue weighted by molar-refractivity contribution is 7.18. The molecule has 4 fully saturated rings. The lowest BCUT2D eigenvalue weighted by Crippen LogP contribution is -2.52. The Balaban J connectivity index is 1.16. The summed E-state index contributed by atoms with van der Waals surface area (Å²) in [6.07, 6.45) is 10.1. The number of hydrogen-bond acceptors (Lipinski definition) is 8. The van der Waals surface area contributed by atoms with Crippen molar-refractivity contribution < 1.29 is 14.0 Å². The third kappa shape index (κ3) is 4.60. The van der Waals surface area contributed by atoms with Gasteiger partial charge in [-0.1, -0.05) is 0 Å². The van der Waals surface area contributed by atoms with Crippen molar-refractivity contribution in [3.8, 4) is 0 Å². The monoisotopic (exact) mass is 522 g/mol. The van der Waals surface area contributed by atoms with Gasteiger partial charge >= 0.3 is 0 Å². The average Bonchev–Trinajstić information content (AvgIpc) is 3.26. The Morgan fingerprint density at radius 1 is 1.16 bits per heavy atom. The second-order valence-corrected chi connectivity index (χ2v) is 12.3. The molecule has 1 saturated heterocycles. The van der Waals surface area contributed by atoms with Crippen LogP contribution in [-0.2, 0) is 4.79 Å². The van der Waals surface area contributed by atoms with Gasteiger partial charge in [0, 0.05) is 37.0 Å². The number of aromatic nitrogens is 4. The maximum absolute atomic E-state index is 13.6. The fourth-order valence-electron chi connectivity index (χ4n) is 6.24. The summed E-state index contributed by atoms with van der Waals surface area (Å²) < 4.78 is 14.3. The second-order valence-electron chi connectivity index (χ2n) is 11.0. The van der Waals surface area contributed by atoms with Crippen LogP contribution in [0.3, 0.4) is 0 Å². The number of ketones is 1. The maximum Gasteiger partial charge on any atom is 0.274 e. The molecule has 3 saturated carbocycles. The number of nitrogens with one attached hydrogen (secondary N) is 1. The van der Waals surface area contributed by atoms with Gasteiger partial charge in [0.1, 0.15) is 16.3 Å². The van der Waals surface area contributed by atoms with E-state index in [2.05, 4.69) is 25.3 Å². The number of likely N-dealkylation sites (tertiary alicyclic amines) is 1. The number of rotatable bonds is 7. The average molecular weight is 523 g/mol. The zero-order valence-corrected chi connectivity index (χ0v) is 22.0. The number of hydrogen-bond donors (Lipinski definition) is 1.